The molecule has 7 nitrogen and oxygen atoms in total. The molecule has 0 aliphatic carbocycles. The van der Waals surface area contributed by atoms with Crippen molar-refractivity contribution in [2.75, 3.05) is 5.32 Å². The molecule has 0 fully saturated rings. The minimum Gasteiger partial charge on any atom is -0.366 e. The van der Waals surface area contributed by atoms with Crippen molar-refractivity contribution in [3.05, 3.63) is 106 Å². The molecule has 3 aromatic carbocycles. The number of anilines is 1. The minimum atomic E-state index is -0.573. The second-order valence-corrected chi connectivity index (χ2v) is 7.16. The molecule has 0 unspecified atom stereocenters. The highest BCUT2D eigenvalue weighted by Crippen LogP contribution is 2.32. The first-order valence-corrected chi connectivity index (χ1v) is 9.89. The number of amides is 2. The van der Waals surface area contributed by atoms with E-state index in [0.29, 0.717) is 28.1 Å². The molecule has 0 saturated carbocycles. The summed E-state index contributed by atoms with van der Waals surface area (Å²) in [5.74, 6) is -1.14. The highest BCUT2D eigenvalue weighted by molar-refractivity contribution is 6.10. The normalized spacial score (nSPS) is 10.5. The van der Waals surface area contributed by atoms with Crippen LogP contribution in [0.5, 0.6) is 0 Å². The first kappa shape index (κ1) is 20.7. The fraction of sp³-hybridized carbons (Fsp3) is 0.0400. The van der Waals surface area contributed by atoms with Crippen molar-refractivity contribution in [1.82, 2.24) is 9.78 Å². The van der Waals surface area contributed by atoms with Gasteiger partial charge in [-0.3, -0.25) is 14.4 Å². The van der Waals surface area contributed by atoms with Crippen LogP contribution in [0.15, 0.2) is 89.7 Å². The number of carbonyl (C=O) groups excluding carboxylic acids is 2. The maximum absolute atomic E-state index is 13.3. The number of aromatic nitrogens is 2. The Bertz CT molecular complexity index is 1350. The monoisotopic (exact) mass is 424 g/mol. The topological polar surface area (TPSA) is 107 Å². The average molecular weight is 424 g/mol. The summed E-state index contributed by atoms with van der Waals surface area (Å²) in [6, 6.07) is 24.7. The molecule has 158 valence electrons. The zero-order chi connectivity index (χ0) is 22.7. The van der Waals surface area contributed by atoms with E-state index in [2.05, 4.69) is 10.4 Å². The van der Waals surface area contributed by atoms with Crippen molar-refractivity contribution in [2.45, 2.75) is 0 Å². The van der Waals surface area contributed by atoms with Gasteiger partial charge in [0.2, 0.25) is 5.91 Å². The van der Waals surface area contributed by atoms with E-state index in [4.69, 9.17) is 5.73 Å². The number of benzene rings is 3. The summed E-state index contributed by atoms with van der Waals surface area (Å²) in [6.07, 6.45) is 0. The SMILES string of the molecule is Cn1nc(-c2ccccc2)c(-c2ccccc2)c(C(=O)Nc2ccc(C(N)=O)cc2)c1=O. The van der Waals surface area contributed by atoms with Gasteiger partial charge in [0.1, 0.15) is 5.56 Å². The lowest BCUT2D eigenvalue weighted by molar-refractivity contribution is 0.0998. The second-order valence-electron chi connectivity index (χ2n) is 7.16. The average Bonchev–Trinajstić information content (AvgIpc) is 2.81. The van der Waals surface area contributed by atoms with Crippen LogP contribution >= 0.6 is 0 Å². The number of hydrogen-bond acceptors (Lipinski definition) is 4. The van der Waals surface area contributed by atoms with Crippen LogP contribution in [0.4, 0.5) is 5.69 Å². The quantitative estimate of drug-likeness (QED) is 0.511. The van der Waals surface area contributed by atoms with Gasteiger partial charge in [-0.25, -0.2) is 4.68 Å². The molecule has 0 aliphatic rings. The highest BCUT2D eigenvalue weighted by atomic mass is 16.2. The summed E-state index contributed by atoms with van der Waals surface area (Å²) in [4.78, 5) is 37.7. The van der Waals surface area contributed by atoms with Crippen LogP contribution in [-0.4, -0.2) is 21.6 Å². The molecule has 3 N–H and O–H groups in total. The molecular formula is C25H20N4O3. The summed E-state index contributed by atoms with van der Waals surface area (Å²) < 4.78 is 1.17. The van der Waals surface area contributed by atoms with Gasteiger partial charge in [0, 0.05) is 29.4 Å². The Morgan fingerprint density at radius 1 is 0.844 bits per heavy atom. The molecule has 2 amide bonds. The van der Waals surface area contributed by atoms with Crippen LogP contribution in [0, 0.1) is 0 Å². The van der Waals surface area contributed by atoms with Crippen LogP contribution in [0.2, 0.25) is 0 Å². The molecule has 4 rings (SSSR count). The Labute approximate surface area is 184 Å². The standard InChI is InChI=1S/C25H20N4O3/c1-29-25(32)21(24(31)27-19-14-12-18(13-15-19)23(26)30)20(16-8-4-2-5-9-16)22(28-29)17-10-6-3-7-11-17/h2-15H,1H3,(H2,26,30)(H,27,31). The number of carbonyl (C=O) groups is 2. The molecule has 32 heavy (non-hydrogen) atoms. The molecule has 0 bridgehead atoms. The van der Waals surface area contributed by atoms with E-state index >= 15 is 0 Å². The largest absolute Gasteiger partial charge is 0.366 e. The number of primary amides is 1. The van der Waals surface area contributed by atoms with Crippen LogP contribution in [0.3, 0.4) is 0 Å². The first-order valence-electron chi connectivity index (χ1n) is 9.89. The third-order valence-electron chi connectivity index (χ3n) is 5.01. The lowest BCUT2D eigenvalue weighted by atomic mass is 9.95. The number of rotatable bonds is 5. The summed E-state index contributed by atoms with van der Waals surface area (Å²) >= 11 is 0. The zero-order valence-corrected chi connectivity index (χ0v) is 17.3. The van der Waals surface area contributed by atoms with Crippen LogP contribution < -0.4 is 16.6 Å². The molecule has 0 radical (unpaired) electrons. The van der Waals surface area contributed by atoms with Crippen LogP contribution in [0.1, 0.15) is 20.7 Å². The van der Waals surface area contributed by atoms with Gasteiger partial charge in [0.25, 0.3) is 11.5 Å². The Balaban J connectivity index is 1.89. The van der Waals surface area contributed by atoms with Crippen molar-refractivity contribution >= 4 is 17.5 Å². The predicted molar refractivity (Wildman–Crippen MR) is 123 cm³/mol. The Morgan fingerprint density at radius 3 is 1.97 bits per heavy atom. The Hall–Kier alpha value is -4.52. The van der Waals surface area contributed by atoms with Gasteiger partial charge < -0.3 is 11.1 Å². The van der Waals surface area contributed by atoms with Gasteiger partial charge in [-0.1, -0.05) is 60.7 Å². The van der Waals surface area contributed by atoms with E-state index in [9.17, 15) is 14.4 Å². The van der Waals surface area contributed by atoms with Crippen molar-refractivity contribution in [3.8, 4) is 22.4 Å². The molecule has 1 aromatic heterocycles. The fourth-order valence-corrected chi connectivity index (χ4v) is 3.44. The summed E-state index contributed by atoms with van der Waals surface area (Å²) in [6.45, 7) is 0. The van der Waals surface area contributed by atoms with Crippen molar-refractivity contribution in [2.24, 2.45) is 12.8 Å². The molecule has 0 spiro atoms. The van der Waals surface area contributed by atoms with Crippen molar-refractivity contribution in [3.63, 3.8) is 0 Å². The molecule has 4 aromatic rings. The van der Waals surface area contributed by atoms with E-state index < -0.39 is 17.4 Å². The van der Waals surface area contributed by atoms with E-state index in [0.717, 1.165) is 5.56 Å². The third-order valence-corrected chi connectivity index (χ3v) is 5.01. The number of nitrogens with one attached hydrogen (secondary N) is 1. The first-order chi connectivity index (χ1) is 15.5. The molecule has 7 heteroatoms. The maximum Gasteiger partial charge on any atom is 0.280 e. The summed E-state index contributed by atoms with van der Waals surface area (Å²) in [5.41, 5.74) is 7.93. The number of nitrogens with zero attached hydrogens (tertiary/aromatic N) is 2. The minimum absolute atomic E-state index is 0.0217. The van der Waals surface area contributed by atoms with Gasteiger partial charge in [-0.05, 0) is 29.8 Å². The van der Waals surface area contributed by atoms with Gasteiger partial charge in [0.15, 0.2) is 0 Å². The molecule has 1 heterocycles. The van der Waals surface area contributed by atoms with Crippen LogP contribution in [-0.2, 0) is 7.05 Å². The lowest BCUT2D eigenvalue weighted by Crippen LogP contribution is -2.31. The lowest BCUT2D eigenvalue weighted by Gasteiger charge is -2.16. The number of nitrogens with two attached hydrogens (primary N) is 1. The fourth-order valence-electron chi connectivity index (χ4n) is 3.44. The number of hydrogen-bond donors (Lipinski definition) is 2. The summed E-state index contributed by atoms with van der Waals surface area (Å²) in [7, 11) is 1.52. The Morgan fingerprint density at radius 2 is 1.41 bits per heavy atom. The van der Waals surface area contributed by atoms with Crippen molar-refractivity contribution < 1.29 is 9.59 Å². The smallest absolute Gasteiger partial charge is 0.280 e. The Kier molecular flexibility index (Phi) is 5.63. The number of aryl methyl sites for hydroxylation is 1. The van der Waals surface area contributed by atoms with Crippen LogP contribution in [0.25, 0.3) is 22.4 Å². The van der Waals surface area contributed by atoms with Crippen molar-refractivity contribution in [1.29, 1.82) is 0 Å². The van der Waals surface area contributed by atoms with E-state index in [1.54, 1.807) is 12.1 Å². The van der Waals surface area contributed by atoms with Gasteiger partial charge in [-0.15, -0.1) is 0 Å². The third kappa shape index (κ3) is 4.04. The highest BCUT2D eigenvalue weighted by Gasteiger charge is 2.24. The molecule has 0 atom stereocenters. The van der Waals surface area contributed by atoms with E-state index in [-0.39, 0.29) is 5.56 Å². The molecular weight excluding hydrogens is 404 g/mol. The van der Waals surface area contributed by atoms with Gasteiger partial charge in [-0.2, -0.15) is 5.10 Å². The second kappa shape index (κ2) is 8.69. The van der Waals surface area contributed by atoms with E-state index in [1.807, 2.05) is 60.7 Å². The summed E-state index contributed by atoms with van der Waals surface area (Å²) in [5, 5.41) is 7.22. The van der Waals surface area contributed by atoms with Gasteiger partial charge in [0.05, 0.1) is 5.69 Å². The molecule has 0 saturated heterocycles. The van der Waals surface area contributed by atoms with Gasteiger partial charge >= 0.3 is 0 Å². The predicted octanol–water partition coefficient (Wildman–Crippen LogP) is 3.47. The maximum atomic E-state index is 13.3. The van der Waals surface area contributed by atoms with E-state index in [1.165, 1.54) is 23.9 Å². The zero-order valence-electron chi connectivity index (χ0n) is 17.3. The molecule has 0 aliphatic heterocycles.